The van der Waals surface area contributed by atoms with Gasteiger partial charge in [0.2, 0.25) is 5.91 Å². The number of fused-ring (bicyclic) bond motifs is 1. The predicted molar refractivity (Wildman–Crippen MR) is 117 cm³/mol. The Bertz CT molecular complexity index is 1390. The average molecular weight is 455 g/mol. The smallest absolute Gasteiger partial charge is 0.325 e. The van der Waals surface area contributed by atoms with E-state index in [4.69, 9.17) is 0 Å². The fourth-order valence-electron chi connectivity index (χ4n) is 3.72. The minimum atomic E-state index is -4.60. The molecule has 4 rings (SSSR count). The number of halogens is 3. The van der Waals surface area contributed by atoms with Gasteiger partial charge >= 0.3 is 6.18 Å². The zero-order valence-electron chi connectivity index (χ0n) is 17.8. The fraction of sp³-hybridized carbons (Fsp3) is 0.217. The van der Waals surface area contributed by atoms with Gasteiger partial charge in [-0.1, -0.05) is 30.3 Å². The molecule has 0 unspecified atom stereocenters. The summed E-state index contributed by atoms with van der Waals surface area (Å²) >= 11 is 0. The summed E-state index contributed by atoms with van der Waals surface area (Å²) in [4.78, 5) is 25.3. The molecule has 10 heteroatoms. The molecule has 0 atom stereocenters. The van der Waals surface area contributed by atoms with Crippen LogP contribution in [0.5, 0.6) is 0 Å². The quantitative estimate of drug-likeness (QED) is 0.488. The molecular weight excluding hydrogens is 435 g/mol. The second-order valence-corrected chi connectivity index (χ2v) is 7.51. The summed E-state index contributed by atoms with van der Waals surface area (Å²) in [7, 11) is 0. The number of nitrogens with zero attached hydrogens (tertiary/aromatic N) is 4. The maximum atomic E-state index is 13.1. The fourth-order valence-corrected chi connectivity index (χ4v) is 3.72. The van der Waals surface area contributed by atoms with Crippen molar-refractivity contribution >= 4 is 22.5 Å². The number of hydrogen-bond donors (Lipinski definition) is 1. The van der Waals surface area contributed by atoms with Crippen LogP contribution in [0, 0.1) is 13.8 Å². The van der Waals surface area contributed by atoms with E-state index in [0.29, 0.717) is 11.1 Å². The Hall–Kier alpha value is -3.95. The molecule has 0 aliphatic rings. The third-order valence-electron chi connectivity index (χ3n) is 5.24. The molecule has 0 aliphatic carbocycles. The molecule has 0 spiro atoms. The van der Waals surface area contributed by atoms with Crippen molar-refractivity contribution in [2.45, 2.75) is 33.0 Å². The molecule has 33 heavy (non-hydrogen) atoms. The van der Waals surface area contributed by atoms with E-state index in [2.05, 4.69) is 15.5 Å². The first-order chi connectivity index (χ1) is 15.7. The van der Waals surface area contributed by atoms with Crippen molar-refractivity contribution < 1.29 is 18.0 Å². The van der Waals surface area contributed by atoms with Gasteiger partial charge in [0.05, 0.1) is 40.3 Å². The summed E-state index contributed by atoms with van der Waals surface area (Å²) in [6.45, 7) is 3.47. The summed E-state index contributed by atoms with van der Waals surface area (Å²) in [5.41, 5.74) is 0.578. The Kier molecular flexibility index (Phi) is 5.75. The Morgan fingerprint density at radius 1 is 1.00 bits per heavy atom. The number of aryl methyl sites for hydroxylation is 3. The summed E-state index contributed by atoms with van der Waals surface area (Å²) in [5.74, 6) is -0.663. The van der Waals surface area contributed by atoms with Crippen molar-refractivity contribution in [3.8, 4) is 5.69 Å². The lowest BCUT2D eigenvalue weighted by atomic mass is 10.1. The zero-order chi connectivity index (χ0) is 23.8. The van der Waals surface area contributed by atoms with E-state index in [1.54, 1.807) is 11.6 Å². The number of carbonyl (C=O) groups is 1. The SMILES string of the molecule is Cc1nn(CCC(=O)Nc2ccccc2C(F)(F)F)c(=O)c2nn(-c3ccccc3)c(C)c12. The number of para-hydroxylation sites is 2. The molecule has 4 aromatic rings. The molecule has 1 N–H and O–H groups in total. The topological polar surface area (TPSA) is 81.8 Å². The van der Waals surface area contributed by atoms with Gasteiger partial charge in [-0.05, 0) is 38.1 Å². The summed E-state index contributed by atoms with van der Waals surface area (Å²) in [6.07, 6.45) is -4.83. The lowest BCUT2D eigenvalue weighted by Gasteiger charge is -2.13. The van der Waals surface area contributed by atoms with Gasteiger partial charge in [0.1, 0.15) is 0 Å². The van der Waals surface area contributed by atoms with Crippen LogP contribution in [-0.2, 0) is 17.5 Å². The highest BCUT2D eigenvalue weighted by Crippen LogP contribution is 2.34. The minimum absolute atomic E-state index is 0.104. The number of carbonyl (C=O) groups excluding carboxylic acids is 1. The van der Waals surface area contributed by atoms with E-state index in [1.807, 2.05) is 37.3 Å². The van der Waals surface area contributed by atoms with Crippen LogP contribution in [0.15, 0.2) is 59.4 Å². The summed E-state index contributed by atoms with van der Waals surface area (Å²) in [5, 5.41) is 11.6. The van der Waals surface area contributed by atoms with Gasteiger partial charge in [-0.2, -0.15) is 23.4 Å². The second-order valence-electron chi connectivity index (χ2n) is 7.51. The van der Waals surface area contributed by atoms with Crippen LogP contribution in [0.4, 0.5) is 18.9 Å². The predicted octanol–water partition coefficient (Wildman–Crippen LogP) is 4.25. The van der Waals surface area contributed by atoms with E-state index in [9.17, 15) is 22.8 Å². The molecule has 0 radical (unpaired) electrons. The number of nitrogens with one attached hydrogen (secondary N) is 1. The number of alkyl halides is 3. The lowest BCUT2D eigenvalue weighted by Crippen LogP contribution is -2.27. The highest BCUT2D eigenvalue weighted by atomic mass is 19.4. The molecule has 2 aromatic carbocycles. The normalized spacial score (nSPS) is 11.7. The number of anilines is 1. The highest BCUT2D eigenvalue weighted by molar-refractivity contribution is 5.91. The third kappa shape index (κ3) is 4.36. The van der Waals surface area contributed by atoms with Crippen LogP contribution in [0.3, 0.4) is 0 Å². The van der Waals surface area contributed by atoms with E-state index in [0.717, 1.165) is 22.1 Å². The zero-order valence-corrected chi connectivity index (χ0v) is 17.8. The first-order valence-corrected chi connectivity index (χ1v) is 10.2. The molecule has 1 amide bonds. The van der Waals surface area contributed by atoms with Crippen LogP contribution >= 0.6 is 0 Å². The van der Waals surface area contributed by atoms with Crippen molar-refractivity contribution in [2.24, 2.45) is 0 Å². The highest BCUT2D eigenvalue weighted by Gasteiger charge is 2.33. The second kappa shape index (κ2) is 8.53. The largest absolute Gasteiger partial charge is 0.418 e. The van der Waals surface area contributed by atoms with Crippen LogP contribution in [0.25, 0.3) is 16.6 Å². The Balaban J connectivity index is 1.59. The van der Waals surface area contributed by atoms with E-state index in [-0.39, 0.29) is 24.2 Å². The maximum Gasteiger partial charge on any atom is 0.418 e. The molecular formula is C23H20F3N5O2. The molecule has 2 aromatic heterocycles. The molecule has 0 fully saturated rings. The van der Waals surface area contributed by atoms with Crippen molar-refractivity contribution in [3.05, 3.63) is 81.9 Å². The van der Waals surface area contributed by atoms with Crippen molar-refractivity contribution in [1.29, 1.82) is 0 Å². The van der Waals surface area contributed by atoms with E-state index in [1.165, 1.54) is 18.2 Å². The van der Waals surface area contributed by atoms with Gasteiger partial charge in [-0.3, -0.25) is 9.59 Å². The van der Waals surface area contributed by atoms with Gasteiger partial charge < -0.3 is 5.32 Å². The van der Waals surface area contributed by atoms with Crippen LogP contribution in [0.1, 0.15) is 23.4 Å². The van der Waals surface area contributed by atoms with Gasteiger partial charge in [0.15, 0.2) is 5.52 Å². The number of hydrogen-bond acceptors (Lipinski definition) is 4. The minimum Gasteiger partial charge on any atom is -0.325 e. The number of rotatable bonds is 5. The average Bonchev–Trinajstić information content (AvgIpc) is 3.13. The van der Waals surface area contributed by atoms with Crippen molar-refractivity contribution in [1.82, 2.24) is 19.6 Å². The lowest BCUT2D eigenvalue weighted by molar-refractivity contribution is -0.137. The first-order valence-electron chi connectivity index (χ1n) is 10.2. The van der Waals surface area contributed by atoms with E-state index >= 15 is 0 Å². The number of amides is 1. The molecule has 2 heterocycles. The molecule has 0 saturated heterocycles. The van der Waals surface area contributed by atoms with Gasteiger partial charge in [0, 0.05) is 6.42 Å². The maximum absolute atomic E-state index is 13.1. The first kappa shape index (κ1) is 22.3. The molecule has 0 bridgehead atoms. The third-order valence-corrected chi connectivity index (χ3v) is 5.24. The van der Waals surface area contributed by atoms with E-state index < -0.39 is 23.2 Å². The Labute approximate surface area is 186 Å². The van der Waals surface area contributed by atoms with Gasteiger partial charge in [-0.25, -0.2) is 9.36 Å². The molecule has 0 aliphatic heterocycles. The number of aromatic nitrogens is 4. The summed E-state index contributed by atoms with van der Waals surface area (Å²) in [6, 6.07) is 14.0. The molecule has 170 valence electrons. The van der Waals surface area contributed by atoms with Crippen molar-refractivity contribution in [3.63, 3.8) is 0 Å². The Morgan fingerprint density at radius 2 is 1.67 bits per heavy atom. The monoisotopic (exact) mass is 455 g/mol. The Morgan fingerprint density at radius 3 is 2.36 bits per heavy atom. The van der Waals surface area contributed by atoms with Crippen LogP contribution < -0.4 is 10.9 Å². The van der Waals surface area contributed by atoms with Crippen LogP contribution in [-0.4, -0.2) is 25.5 Å². The summed E-state index contributed by atoms with van der Waals surface area (Å²) < 4.78 is 42.2. The van der Waals surface area contributed by atoms with Gasteiger partial charge in [-0.15, -0.1) is 0 Å². The van der Waals surface area contributed by atoms with Crippen LogP contribution in [0.2, 0.25) is 0 Å². The molecule has 7 nitrogen and oxygen atoms in total. The van der Waals surface area contributed by atoms with Gasteiger partial charge in [0.25, 0.3) is 5.56 Å². The number of benzene rings is 2. The standard InChI is InChI=1S/C23H20F3N5O2/c1-14-20-15(2)31(16-8-4-3-5-9-16)29-21(20)22(33)30(28-14)13-12-19(32)27-18-11-7-6-10-17(18)23(24,25)26/h3-11H,12-13H2,1-2H3,(H,27,32). The molecule has 0 saturated carbocycles. The van der Waals surface area contributed by atoms with Crippen molar-refractivity contribution in [2.75, 3.05) is 5.32 Å².